The van der Waals surface area contributed by atoms with Gasteiger partial charge in [0, 0.05) is 6.54 Å². The summed E-state index contributed by atoms with van der Waals surface area (Å²) in [6.07, 6.45) is 2.80. The largest absolute Gasteiger partial charge is 0.464 e. The zero-order valence-corrected chi connectivity index (χ0v) is 12.2. The van der Waals surface area contributed by atoms with Crippen LogP contribution in [0.5, 0.6) is 0 Å². The highest BCUT2D eigenvalue weighted by molar-refractivity contribution is 5.89. The topological polar surface area (TPSA) is 87.7 Å². The highest BCUT2D eigenvalue weighted by atomic mass is 16.5. The smallest absolute Gasteiger partial charge is 0.419 e. The number of hydrazine groups is 1. The highest BCUT2D eigenvalue weighted by Crippen LogP contribution is 2.09. The van der Waals surface area contributed by atoms with E-state index in [0.717, 1.165) is 25.7 Å². The minimum Gasteiger partial charge on any atom is -0.464 e. The second-order valence-electron chi connectivity index (χ2n) is 4.58. The molecule has 116 valence electrons. The lowest BCUT2D eigenvalue weighted by atomic mass is 10.1. The fourth-order valence-electron chi connectivity index (χ4n) is 1.88. The number of carbonyl (C=O) groups is 2. The van der Waals surface area contributed by atoms with Crippen LogP contribution < -0.4 is 10.9 Å². The van der Waals surface area contributed by atoms with Crippen LogP contribution in [0.1, 0.15) is 42.1 Å². The van der Waals surface area contributed by atoms with Crippen LogP contribution >= 0.6 is 0 Å². The van der Waals surface area contributed by atoms with Crippen molar-refractivity contribution in [2.24, 2.45) is 0 Å². The molecule has 0 aliphatic carbocycles. The maximum atomic E-state index is 11.5. The Morgan fingerprint density at radius 3 is 2.48 bits per heavy atom. The average molecular weight is 294 g/mol. The first-order chi connectivity index (χ1) is 10.1. The molecule has 1 aromatic carbocycles. The summed E-state index contributed by atoms with van der Waals surface area (Å²) in [5.41, 5.74) is 6.47. The molecule has 0 unspecified atom stereocenters. The molecule has 21 heavy (non-hydrogen) atoms. The zero-order valence-electron chi connectivity index (χ0n) is 12.2. The van der Waals surface area contributed by atoms with Crippen molar-refractivity contribution in [3.8, 4) is 0 Å². The average Bonchev–Trinajstić information content (AvgIpc) is 2.47. The number of benzene rings is 1. The second kappa shape index (κ2) is 9.77. The number of rotatable bonds is 9. The van der Waals surface area contributed by atoms with Crippen LogP contribution in [-0.2, 0) is 11.2 Å². The third-order valence-electron chi connectivity index (χ3n) is 2.93. The van der Waals surface area contributed by atoms with Crippen LogP contribution in [0, 0.1) is 0 Å². The van der Waals surface area contributed by atoms with Crippen LogP contribution in [0.3, 0.4) is 0 Å². The van der Waals surface area contributed by atoms with Crippen molar-refractivity contribution in [1.82, 2.24) is 10.9 Å². The van der Waals surface area contributed by atoms with E-state index in [1.165, 1.54) is 5.56 Å². The molecule has 0 aromatic heterocycles. The van der Waals surface area contributed by atoms with Gasteiger partial charge >= 0.3 is 12.1 Å². The van der Waals surface area contributed by atoms with Gasteiger partial charge in [-0.2, -0.15) is 0 Å². The monoisotopic (exact) mass is 294 g/mol. The van der Waals surface area contributed by atoms with E-state index in [-0.39, 0.29) is 5.97 Å². The Balaban J connectivity index is 2.18. The molecule has 0 fully saturated rings. The number of esters is 1. The Morgan fingerprint density at radius 2 is 1.86 bits per heavy atom. The fraction of sp³-hybridized carbons (Fsp3) is 0.467. The number of unbranched alkanes of at least 4 members (excludes halogenated alkanes) is 2. The summed E-state index contributed by atoms with van der Waals surface area (Å²) in [4.78, 5) is 21.7. The highest BCUT2D eigenvalue weighted by Gasteiger charge is 2.05. The van der Waals surface area contributed by atoms with E-state index in [0.29, 0.717) is 18.7 Å². The summed E-state index contributed by atoms with van der Waals surface area (Å²) in [6.45, 7) is 2.78. The molecule has 6 nitrogen and oxygen atoms in total. The van der Waals surface area contributed by atoms with E-state index < -0.39 is 6.09 Å². The maximum Gasteiger partial charge on any atom is 0.419 e. The van der Waals surface area contributed by atoms with Gasteiger partial charge in [-0.25, -0.2) is 15.0 Å². The van der Waals surface area contributed by atoms with Gasteiger partial charge in [0.15, 0.2) is 0 Å². The van der Waals surface area contributed by atoms with Crippen molar-refractivity contribution < 1.29 is 19.4 Å². The Bertz CT molecular complexity index is 445. The molecule has 0 heterocycles. The first-order valence-electron chi connectivity index (χ1n) is 7.11. The van der Waals surface area contributed by atoms with Gasteiger partial charge in [0.05, 0.1) is 12.2 Å². The number of aryl methyl sites for hydroxylation is 1. The lowest BCUT2D eigenvalue weighted by Crippen LogP contribution is -2.36. The summed E-state index contributed by atoms with van der Waals surface area (Å²) in [5.74, 6) is -0.291. The lowest BCUT2D eigenvalue weighted by molar-refractivity contribution is 0.0526. The number of ether oxygens (including phenoxy) is 1. The first kappa shape index (κ1) is 17.0. The van der Waals surface area contributed by atoms with Crippen molar-refractivity contribution in [3.63, 3.8) is 0 Å². The Labute approximate surface area is 124 Å². The van der Waals surface area contributed by atoms with Crippen LogP contribution in [0.4, 0.5) is 4.79 Å². The number of hydrogen-bond donors (Lipinski definition) is 3. The molecule has 0 aliphatic rings. The molecule has 0 saturated heterocycles. The summed E-state index contributed by atoms with van der Waals surface area (Å²) >= 11 is 0. The Hall–Kier alpha value is -2.08. The van der Waals surface area contributed by atoms with Crippen molar-refractivity contribution in [1.29, 1.82) is 0 Å². The van der Waals surface area contributed by atoms with Crippen LogP contribution in [0.2, 0.25) is 0 Å². The van der Waals surface area contributed by atoms with Gasteiger partial charge in [-0.05, 0) is 43.9 Å². The lowest BCUT2D eigenvalue weighted by Gasteiger charge is -2.05. The number of amides is 1. The summed E-state index contributed by atoms with van der Waals surface area (Å²) in [7, 11) is 0. The zero-order chi connectivity index (χ0) is 15.5. The van der Waals surface area contributed by atoms with Gasteiger partial charge in [0.25, 0.3) is 0 Å². The standard InChI is InChI=1S/C15H22N2O4/c1-2-21-14(18)13-9-7-12(8-10-13)6-4-3-5-11-16-17-15(19)20/h7-10,16-17H,2-6,11H2,1H3,(H,19,20). The van der Waals surface area contributed by atoms with Crippen molar-refractivity contribution in [3.05, 3.63) is 35.4 Å². The van der Waals surface area contributed by atoms with Gasteiger partial charge in [-0.3, -0.25) is 5.43 Å². The first-order valence-corrected chi connectivity index (χ1v) is 7.11. The maximum absolute atomic E-state index is 11.5. The third kappa shape index (κ3) is 7.31. The van der Waals surface area contributed by atoms with E-state index in [9.17, 15) is 9.59 Å². The second-order valence-corrected chi connectivity index (χ2v) is 4.58. The summed E-state index contributed by atoms with van der Waals surface area (Å²) in [6, 6.07) is 7.45. The summed E-state index contributed by atoms with van der Waals surface area (Å²) < 4.78 is 4.93. The molecule has 0 radical (unpaired) electrons. The number of nitrogens with one attached hydrogen (secondary N) is 2. The number of carbonyl (C=O) groups excluding carboxylic acids is 1. The van der Waals surface area contributed by atoms with Gasteiger partial charge < -0.3 is 9.84 Å². The SMILES string of the molecule is CCOC(=O)c1ccc(CCCCCNNC(=O)O)cc1. The van der Waals surface area contributed by atoms with E-state index in [1.54, 1.807) is 19.1 Å². The predicted octanol–water partition coefficient (Wildman–Crippen LogP) is 2.35. The van der Waals surface area contributed by atoms with Gasteiger partial charge in [-0.1, -0.05) is 18.6 Å². The number of carboxylic acid groups (broad SMARTS) is 1. The fourth-order valence-corrected chi connectivity index (χ4v) is 1.88. The third-order valence-corrected chi connectivity index (χ3v) is 2.93. The number of hydrogen-bond acceptors (Lipinski definition) is 4. The van der Waals surface area contributed by atoms with Crippen LogP contribution in [0.15, 0.2) is 24.3 Å². The molecule has 0 bridgehead atoms. The molecular weight excluding hydrogens is 272 g/mol. The minimum atomic E-state index is -1.07. The molecule has 0 atom stereocenters. The molecule has 0 saturated carbocycles. The molecule has 1 amide bonds. The van der Waals surface area contributed by atoms with E-state index in [4.69, 9.17) is 9.84 Å². The quantitative estimate of drug-likeness (QED) is 0.370. The van der Waals surface area contributed by atoms with Crippen LogP contribution in [-0.4, -0.2) is 30.3 Å². The van der Waals surface area contributed by atoms with Gasteiger partial charge in [0.2, 0.25) is 0 Å². The van der Waals surface area contributed by atoms with Crippen molar-refractivity contribution in [2.45, 2.75) is 32.6 Å². The Kier molecular flexibility index (Phi) is 7.89. The van der Waals surface area contributed by atoms with Crippen molar-refractivity contribution in [2.75, 3.05) is 13.2 Å². The summed E-state index contributed by atoms with van der Waals surface area (Å²) in [5, 5.41) is 8.35. The van der Waals surface area contributed by atoms with Gasteiger partial charge in [-0.15, -0.1) is 0 Å². The molecule has 1 rings (SSSR count). The molecule has 0 spiro atoms. The predicted molar refractivity (Wildman–Crippen MR) is 79.1 cm³/mol. The molecular formula is C15H22N2O4. The van der Waals surface area contributed by atoms with E-state index in [2.05, 4.69) is 10.9 Å². The van der Waals surface area contributed by atoms with E-state index in [1.807, 2.05) is 12.1 Å². The molecule has 3 N–H and O–H groups in total. The van der Waals surface area contributed by atoms with E-state index >= 15 is 0 Å². The van der Waals surface area contributed by atoms with Crippen molar-refractivity contribution >= 4 is 12.1 Å². The molecule has 1 aromatic rings. The minimum absolute atomic E-state index is 0.291. The van der Waals surface area contributed by atoms with Gasteiger partial charge in [0.1, 0.15) is 0 Å². The molecule has 6 heteroatoms. The van der Waals surface area contributed by atoms with Crippen LogP contribution in [0.25, 0.3) is 0 Å². The normalized spacial score (nSPS) is 10.1. The Morgan fingerprint density at radius 1 is 1.14 bits per heavy atom. The molecule has 0 aliphatic heterocycles.